The second-order valence-corrected chi connectivity index (χ2v) is 4.88. The highest BCUT2D eigenvalue weighted by molar-refractivity contribution is 7.88. The number of carbonyl (C=O) groups is 1. The van der Waals surface area contributed by atoms with Crippen LogP contribution >= 0.6 is 0 Å². The molecule has 0 aliphatic carbocycles. The Hall–Kier alpha value is -0.860. The first-order valence-corrected chi connectivity index (χ1v) is 6.40. The van der Waals surface area contributed by atoms with Gasteiger partial charge in [0.05, 0.1) is 12.7 Å². The molecule has 0 saturated carbocycles. The molecule has 0 saturated heterocycles. The van der Waals surface area contributed by atoms with Crippen molar-refractivity contribution in [2.45, 2.75) is 39.3 Å². The van der Waals surface area contributed by atoms with Gasteiger partial charge in [-0.25, -0.2) is 9.52 Å². The maximum absolute atomic E-state index is 11.3. The fourth-order valence-corrected chi connectivity index (χ4v) is 2.09. The maximum atomic E-state index is 11.3. The molecule has 0 aromatic carbocycles. The molecule has 0 aliphatic rings. The number of hydrogen-bond acceptors (Lipinski definition) is 5. The van der Waals surface area contributed by atoms with Gasteiger partial charge in [0, 0.05) is 6.04 Å². The van der Waals surface area contributed by atoms with Crippen LogP contribution in [0.4, 0.5) is 4.79 Å². The van der Waals surface area contributed by atoms with Gasteiger partial charge in [-0.15, -0.1) is 0 Å². The summed E-state index contributed by atoms with van der Waals surface area (Å²) in [5.74, 6) is 0. The van der Waals surface area contributed by atoms with E-state index in [0.29, 0.717) is 0 Å². The monoisotopic (exact) mass is 254 g/mol. The zero-order chi connectivity index (χ0) is 12.8. The van der Waals surface area contributed by atoms with E-state index in [9.17, 15) is 13.2 Å². The third kappa shape index (κ3) is 7.43. The van der Waals surface area contributed by atoms with E-state index in [4.69, 9.17) is 5.11 Å². The number of hydrogen-bond donors (Lipinski definition) is 3. The summed E-state index contributed by atoms with van der Waals surface area (Å²) in [6, 6.07) is -0.480. The first kappa shape index (κ1) is 15.1. The zero-order valence-electron chi connectivity index (χ0n) is 9.56. The largest absolute Gasteiger partial charge is 0.449 e. The van der Waals surface area contributed by atoms with E-state index >= 15 is 0 Å². The lowest BCUT2D eigenvalue weighted by molar-refractivity contribution is 0.158. The Kier molecular flexibility index (Phi) is 6.31. The van der Waals surface area contributed by atoms with Crippen LogP contribution in [0.2, 0.25) is 0 Å². The van der Waals surface area contributed by atoms with E-state index in [1.165, 1.54) is 0 Å². The smallest absolute Gasteiger partial charge is 0.421 e. The van der Waals surface area contributed by atoms with Crippen molar-refractivity contribution in [3.63, 3.8) is 0 Å². The third-order valence-electron chi connectivity index (χ3n) is 1.54. The second kappa shape index (κ2) is 6.66. The van der Waals surface area contributed by atoms with Crippen molar-refractivity contribution in [3.8, 4) is 0 Å². The van der Waals surface area contributed by atoms with Crippen molar-refractivity contribution in [2.24, 2.45) is 0 Å². The standard InChI is InChI=1S/C8H18N2O5S/c1-4-15-8(12)10-16(13,14)9-6(2)5-7(3)11/h6-7,9,11H,4-5H2,1-3H3,(H,10,12). The number of aliphatic hydroxyl groups is 1. The van der Waals surface area contributed by atoms with Crippen LogP contribution in [0, 0.1) is 0 Å². The molecule has 2 atom stereocenters. The molecule has 7 nitrogen and oxygen atoms in total. The summed E-state index contributed by atoms with van der Waals surface area (Å²) >= 11 is 0. The Morgan fingerprint density at radius 2 is 2.00 bits per heavy atom. The van der Waals surface area contributed by atoms with E-state index in [2.05, 4.69) is 9.46 Å². The summed E-state index contributed by atoms with van der Waals surface area (Å²) in [7, 11) is -3.93. The summed E-state index contributed by atoms with van der Waals surface area (Å²) < 4.78 is 30.9. The van der Waals surface area contributed by atoms with Crippen LogP contribution in [-0.4, -0.2) is 38.4 Å². The number of nitrogens with one attached hydrogen (secondary N) is 2. The molecule has 3 N–H and O–H groups in total. The SMILES string of the molecule is CCOC(=O)NS(=O)(=O)NC(C)CC(C)O. The average molecular weight is 254 g/mol. The van der Waals surface area contributed by atoms with Crippen molar-refractivity contribution >= 4 is 16.3 Å². The summed E-state index contributed by atoms with van der Waals surface area (Å²) in [5.41, 5.74) is 0. The highest BCUT2D eigenvalue weighted by Crippen LogP contribution is 1.97. The number of ether oxygens (including phenoxy) is 1. The molecule has 0 fully saturated rings. The topological polar surface area (TPSA) is 105 Å². The molecule has 0 aliphatic heterocycles. The Labute approximate surface area is 95.4 Å². The Morgan fingerprint density at radius 3 is 2.44 bits per heavy atom. The lowest BCUT2D eigenvalue weighted by Gasteiger charge is -2.15. The molecule has 0 spiro atoms. The number of carbonyl (C=O) groups excluding carboxylic acids is 1. The fourth-order valence-electron chi connectivity index (χ4n) is 1.12. The first-order valence-electron chi connectivity index (χ1n) is 4.91. The van der Waals surface area contributed by atoms with E-state index in [1.54, 1.807) is 25.5 Å². The normalized spacial score (nSPS) is 15.2. The van der Waals surface area contributed by atoms with Crippen LogP contribution in [0.25, 0.3) is 0 Å². The quantitative estimate of drug-likeness (QED) is 0.605. The second-order valence-electron chi connectivity index (χ2n) is 3.43. The molecule has 16 heavy (non-hydrogen) atoms. The van der Waals surface area contributed by atoms with Crippen molar-refractivity contribution in [1.82, 2.24) is 9.44 Å². The van der Waals surface area contributed by atoms with Gasteiger partial charge in [0.2, 0.25) is 0 Å². The fraction of sp³-hybridized carbons (Fsp3) is 0.875. The summed E-state index contributed by atoms with van der Waals surface area (Å²) in [6.07, 6.45) is -1.40. The molecule has 0 aromatic rings. The number of rotatable bonds is 6. The minimum Gasteiger partial charge on any atom is -0.449 e. The minimum atomic E-state index is -3.93. The summed E-state index contributed by atoms with van der Waals surface area (Å²) in [4.78, 5) is 10.9. The highest BCUT2D eigenvalue weighted by atomic mass is 32.2. The molecular weight excluding hydrogens is 236 g/mol. The van der Waals surface area contributed by atoms with Crippen LogP contribution in [0.15, 0.2) is 0 Å². The van der Waals surface area contributed by atoms with Crippen LogP contribution in [-0.2, 0) is 14.9 Å². The van der Waals surface area contributed by atoms with E-state index < -0.39 is 28.4 Å². The lowest BCUT2D eigenvalue weighted by atomic mass is 10.2. The van der Waals surface area contributed by atoms with Crippen molar-refractivity contribution in [3.05, 3.63) is 0 Å². The molecule has 8 heteroatoms. The third-order valence-corrected chi connectivity index (χ3v) is 2.69. The Morgan fingerprint density at radius 1 is 1.44 bits per heavy atom. The minimum absolute atomic E-state index is 0.0879. The van der Waals surface area contributed by atoms with Crippen molar-refractivity contribution < 1.29 is 23.1 Å². The molecule has 0 heterocycles. The molecule has 0 bridgehead atoms. The van der Waals surface area contributed by atoms with Crippen LogP contribution < -0.4 is 9.44 Å². The van der Waals surface area contributed by atoms with Gasteiger partial charge in [0.15, 0.2) is 0 Å². The molecule has 0 aromatic heterocycles. The molecule has 96 valence electrons. The number of amides is 1. The van der Waals surface area contributed by atoms with E-state index in [1.807, 2.05) is 0 Å². The lowest BCUT2D eigenvalue weighted by Crippen LogP contribution is -2.45. The van der Waals surface area contributed by atoms with Crippen LogP contribution in [0.1, 0.15) is 27.2 Å². The van der Waals surface area contributed by atoms with Crippen LogP contribution in [0.5, 0.6) is 0 Å². The van der Waals surface area contributed by atoms with Gasteiger partial charge >= 0.3 is 16.3 Å². The Bertz CT molecular complexity index is 314. The van der Waals surface area contributed by atoms with Gasteiger partial charge in [0.1, 0.15) is 0 Å². The van der Waals surface area contributed by atoms with Gasteiger partial charge in [-0.05, 0) is 27.2 Å². The highest BCUT2D eigenvalue weighted by Gasteiger charge is 2.18. The van der Waals surface area contributed by atoms with E-state index in [-0.39, 0.29) is 13.0 Å². The predicted octanol–water partition coefficient (Wildman–Crippen LogP) is -0.274. The Balaban J connectivity index is 4.19. The molecule has 0 rings (SSSR count). The first-order chi connectivity index (χ1) is 7.26. The molecule has 1 amide bonds. The van der Waals surface area contributed by atoms with Crippen LogP contribution in [0.3, 0.4) is 0 Å². The van der Waals surface area contributed by atoms with Gasteiger partial charge in [-0.3, -0.25) is 0 Å². The van der Waals surface area contributed by atoms with Crippen molar-refractivity contribution in [1.29, 1.82) is 0 Å². The average Bonchev–Trinajstić information content (AvgIpc) is 1.98. The van der Waals surface area contributed by atoms with Gasteiger partial charge in [-0.2, -0.15) is 13.1 Å². The molecular formula is C8H18N2O5S. The molecule has 2 unspecified atom stereocenters. The van der Waals surface area contributed by atoms with E-state index in [0.717, 1.165) is 0 Å². The number of aliphatic hydroxyl groups excluding tert-OH is 1. The van der Waals surface area contributed by atoms with Gasteiger partial charge in [0.25, 0.3) is 0 Å². The van der Waals surface area contributed by atoms with Gasteiger partial charge < -0.3 is 9.84 Å². The predicted molar refractivity (Wildman–Crippen MR) is 58.0 cm³/mol. The van der Waals surface area contributed by atoms with Crippen molar-refractivity contribution in [2.75, 3.05) is 6.61 Å². The zero-order valence-corrected chi connectivity index (χ0v) is 10.4. The summed E-state index contributed by atoms with van der Waals surface area (Å²) in [6.45, 7) is 4.78. The van der Waals surface area contributed by atoms with Gasteiger partial charge in [-0.1, -0.05) is 0 Å². The summed E-state index contributed by atoms with van der Waals surface area (Å²) in [5, 5.41) is 9.04. The molecule has 0 radical (unpaired) electrons. The maximum Gasteiger partial charge on any atom is 0.421 e.